The number of aryl methyl sites for hydroxylation is 3. The molecule has 0 saturated carbocycles. The number of ketones is 1. The molecule has 1 N–H and O–H groups in total. The summed E-state index contributed by atoms with van der Waals surface area (Å²) < 4.78 is 2.15. The van der Waals surface area contributed by atoms with Gasteiger partial charge in [-0.15, -0.1) is 0 Å². The molecule has 1 aliphatic carbocycles. The van der Waals surface area contributed by atoms with Crippen LogP contribution >= 0.6 is 0 Å². The van der Waals surface area contributed by atoms with Gasteiger partial charge in [-0.3, -0.25) is 4.79 Å². The van der Waals surface area contributed by atoms with Gasteiger partial charge in [-0.05, 0) is 142 Å². The quantitative estimate of drug-likeness (QED) is 0.0451. The number of allylic oxidation sites excluding steroid dienone is 5. The summed E-state index contributed by atoms with van der Waals surface area (Å²) in [6.45, 7) is 15.5. The van der Waals surface area contributed by atoms with E-state index in [9.17, 15) is 9.90 Å². The fraction of sp³-hybridized carbons (Fsp3) is 0.406. The topological polar surface area (TPSA) is 50.0 Å². The summed E-state index contributed by atoms with van der Waals surface area (Å²) >= 11 is 0. The molecule has 6 heteroatoms. The van der Waals surface area contributed by atoms with Crippen molar-refractivity contribution in [2.75, 3.05) is 35.8 Å². The van der Waals surface area contributed by atoms with Crippen LogP contribution < -0.4 is 14.7 Å². The van der Waals surface area contributed by atoms with E-state index in [1.165, 1.54) is 111 Å². The van der Waals surface area contributed by atoms with Crippen LogP contribution in [0.4, 0.5) is 39.8 Å². The highest BCUT2D eigenvalue weighted by Crippen LogP contribution is 2.51. The van der Waals surface area contributed by atoms with Crippen LogP contribution in [0, 0.1) is 6.92 Å². The van der Waals surface area contributed by atoms with Gasteiger partial charge in [0.25, 0.3) is 0 Å². The maximum absolute atomic E-state index is 14.0. The minimum absolute atomic E-state index is 0.0582. The van der Waals surface area contributed by atoms with Crippen molar-refractivity contribution in [3.8, 4) is 0 Å². The number of aliphatic hydroxyl groups excluding tert-OH is 1. The number of carbonyl (C=O) groups excluding carboxylic acids is 1. The number of likely N-dealkylation sites (N-methyl/N-ethyl adjacent to an activating group) is 1. The number of fused-ring (bicyclic) bond motifs is 2. The molecule has 70 heavy (non-hydrogen) atoms. The van der Waals surface area contributed by atoms with Crippen LogP contribution in [-0.2, 0) is 28.5 Å². The molecule has 0 saturated heterocycles. The van der Waals surface area contributed by atoms with Crippen LogP contribution in [0.2, 0.25) is 0 Å². The number of nitrogens with zero attached hydrogens (tertiary/aromatic N) is 4. The van der Waals surface area contributed by atoms with Gasteiger partial charge in [0.2, 0.25) is 11.5 Å². The standard InChI is InChI=1S/C64H78N4O2/c1-11-13-15-17-19-21-23-46-26-30-48(31-27-46)65(8)49-34-36-51(37-35-49)68(50-32-28-47(29-33-50)24-22-20-18-16-14-12-2)52-38-40-58-56(42-52)64(6,7)60(67(58)10)44-54-61(69)53(62(54)70)43-59-63(4,5)55-41-45(3)25-39-57(55)66(59)9/h25-44H,11-24H2,1-10H3/p+1. The number of rotatable bonds is 21. The summed E-state index contributed by atoms with van der Waals surface area (Å²) in [6.07, 6.45) is 21.7. The number of hydrogen-bond acceptors (Lipinski definition) is 5. The third kappa shape index (κ3) is 10.2. The lowest BCUT2D eigenvalue weighted by Crippen LogP contribution is -2.31. The molecule has 3 aliphatic rings. The Morgan fingerprint density at radius 2 is 1.10 bits per heavy atom. The van der Waals surface area contributed by atoms with E-state index >= 15 is 0 Å². The highest BCUT2D eigenvalue weighted by Gasteiger charge is 2.46. The van der Waals surface area contributed by atoms with Crippen molar-refractivity contribution < 1.29 is 14.5 Å². The average molecular weight is 936 g/mol. The average Bonchev–Trinajstić information content (AvgIpc) is 3.67. The first-order valence-electron chi connectivity index (χ1n) is 26.5. The molecule has 6 nitrogen and oxygen atoms in total. The minimum atomic E-state index is -0.460. The number of unbranched alkanes of at least 4 members (excludes halogenated alkanes) is 10. The lowest BCUT2D eigenvalue weighted by molar-refractivity contribution is -0.401. The Labute approximate surface area is 420 Å². The maximum Gasteiger partial charge on any atom is 0.209 e. The number of hydrogen-bond donors (Lipinski definition) is 1. The first-order chi connectivity index (χ1) is 33.6. The molecule has 5 aromatic carbocycles. The Morgan fingerprint density at radius 1 is 0.600 bits per heavy atom. The lowest BCUT2D eigenvalue weighted by Gasteiger charge is -2.29. The summed E-state index contributed by atoms with van der Waals surface area (Å²) in [5.74, 6) is -0.0710. The normalized spacial score (nSPS) is 16.9. The molecule has 5 aromatic rings. The molecule has 0 atom stereocenters. The third-order valence-corrected chi connectivity index (χ3v) is 15.7. The molecular weight excluding hydrogens is 857 g/mol. The molecule has 0 aromatic heterocycles. The molecular formula is C64H79N4O2+. The van der Waals surface area contributed by atoms with E-state index in [1.54, 1.807) is 0 Å². The molecule has 2 heterocycles. The summed E-state index contributed by atoms with van der Waals surface area (Å²) in [7, 11) is 6.27. The summed E-state index contributed by atoms with van der Waals surface area (Å²) in [5.41, 5.74) is 16.1. The number of anilines is 6. The zero-order chi connectivity index (χ0) is 49.7. The van der Waals surface area contributed by atoms with Crippen LogP contribution in [0.3, 0.4) is 0 Å². The zero-order valence-electron chi connectivity index (χ0n) is 44.1. The van der Waals surface area contributed by atoms with E-state index in [-0.39, 0.29) is 17.0 Å². The monoisotopic (exact) mass is 936 g/mol. The molecule has 2 aliphatic heterocycles. The molecule has 0 bridgehead atoms. The SMILES string of the molecule is CCCCCCCCc1ccc(N(C)c2ccc(N(c3ccc(CCCCCCCC)cc3)c3ccc4c(c3)C(C)(C)/C(=C\C3=C(O)C(=C/C5=[N+](C)c6ccc(C)cc6C5(C)C)/C3=O)N4C)cc2)cc1. The van der Waals surface area contributed by atoms with Crippen LogP contribution in [-0.4, -0.2) is 42.3 Å². The van der Waals surface area contributed by atoms with Gasteiger partial charge in [-0.25, -0.2) is 0 Å². The molecule has 0 radical (unpaired) electrons. The van der Waals surface area contributed by atoms with Gasteiger partial charge in [0.15, 0.2) is 5.71 Å². The maximum atomic E-state index is 14.0. The van der Waals surface area contributed by atoms with Gasteiger partial charge < -0.3 is 19.8 Å². The summed E-state index contributed by atoms with van der Waals surface area (Å²) in [5, 5.41) is 11.6. The van der Waals surface area contributed by atoms with E-state index in [4.69, 9.17) is 0 Å². The van der Waals surface area contributed by atoms with Crippen molar-refractivity contribution in [2.24, 2.45) is 0 Å². The fourth-order valence-electron chi connectivity index (χ4n) is 11.2. The Balaban J connectivity index is 1.06. The van der Waals surface area contributed by atoms with Gasteiger partial charge in [-0.2, -0.15) is 4.58 Å². The van der Waals surface area contributed by atoms with Crippen molar-refractivity contribution in [2.45, 2.75) is 149 Å². The number of carbonyl (C=O) groups is 1. The van der Waals surface area contributed by atoms with Gasteiger partial charge in [0, 0.05) is 77.0 Å². The molecule has 0 spiro atoms. The first kappa shape index (κ1) is 50.3. The van der Waals surface area contributed by atoms with Crippen molar-refractivity contribution in [3.05, 3.63) is 172 Å². The zero-order valence-corrected chi connectivity index (χ0v) is 44.1. The predicted molar refractivity (Wildman–Crippen MR) is 297 cm³/mol. The molecule has 366 valence electrons. The Morgan fingerprint density at radius 3 is 1.66 bits per heavy atom. The second kappa shape index (κ2) is 21.5. The van der Waals surface area contributed by atoms with E-state index < -0.39 is 5.41 Å². The number of Topliss-reactive ketones (excluding diaryl/α,β-unsaturated/α-hetero) is 1. The highest BCUT2D eigenvalue weighted by atomic mass is 16.3. The number of benzene rings is 5. The Kier molecular flexibility index (Phi) is 15.4. The van der Waals surface area contributed by atoms with E-state index in [0.29, 0.717) is 11.1 Å². The molecule has 0 unspecified atom stereocenters. The van der Waals surface area contributed by atoms with Crippen molar-refractivity contribution in [3.63, 3.8) is 0 Å². The second-order valence-electron chi connectivity index (χ2n) is 21.4. The summed E-state index contributed by atoms with van der Waals surface area (Å²) in [4.78, 5) is 20.8. The van der Waals surface area contributed by atoms with Gasteiger partial charge in [-0.1, -0.05) is 128 Å². The molecule has 8 rings (SSSR count). The Hall–Kier alpha value is -6.14. The van der Waals surface area contributed by atoms with Crippen molar-refractivity contribution >= 4 is 51.3 Å². The number of aliphatic hydroxyl groups is 1. The largest absolute Gasteiger partial charge is 0.506 e. The predicted octanol–water partition coefficient (Wildman–Crippen LogP) is 16.7. The van der Waals surface area contributed by atoms with Crippen LogP contribution in [0.1, 0.15) is 146 Å². The molecule has 0 fully saturated rings. The van der Waals surface area contributed by atoms with E-state index in [1.807, 2.05) is 19.2 Å². The highest BCUT2D eigenvalue weighted by molar-refractivity contribution is 6.24. The van der Waals surface area contributed by atoms with Crippen LogP contribution in [0.25, 0.3) is 0 Å². The third-order valence-electron chi connectivity index (χ3n) is 15.7. The van der Waals surface area contributed by atoms with Crippen molar-refractivity contribution in [1.29, 1.82) is 0 Å². The smallest absolute Gasteiger partial charge is 0.209 e. The Bertz CT molecular complexity index is 2800. The lowest BCUT2D eigenvalue weighted by atomic mass is 9.77. The van der Waals surface area contributed by atoms with E-state index in [0.717, 1.165) is 58.4 Å². The van der Waals surface area contributed by atoms with E-state index in [2.05, 4.69) is 191 Å². The first-order valence-corrected chi connectivity index (χ1v) is 26.5. The van der Waals surface area contributed by atoms with Gasteiger partial charge in [0.1, 0.15) is 12.8 Å². The van der Waals surface area contributed by atoms with Crippen molar-refractivity contribution in [1.82, 2.24) is 0 Å². The minimum Gasteiger partial charge on any atom is -0.506 e. The van der Waals surface area contributed by atoms with Crippen LogP contribution in [0.15, 0.2) is 144 Å². The second-order valence-corrected chi connectivity index (χ2v) is 21.4. The molecule has 0 amide bonds. The van der Waals surface area contributed by atoms with Crippen LogP contribution in [0.5, 0.6) is 0 Å². The summed E-state index contributed by atoms with van der Waals surface area (Å²) in [6, 6.07) is 40.5. The van der Waals surface area contributed by atoms with Gasteiger partial charge >= 0.3 is 0 Å². The fourth-order valence-corrected chi connectivity index (χ4v) is 11.2. The van der Waals surface area contributed by atoms with Gasteiger partial charge in [0.05, 0.1) is 16.6 Å².